The summed E-state index contributed by atoms with van der Waals surface area (Å²) in [4.78, 5) is 8.61. The number of fused-ring (bicyclic) bond motifs is 1. The number of aromatic nitrogens is 2. The Morgan fingerprint density at radius 1 is 1.22 bits per heavy atom. The number of nitrogens with zero attached hydrogens (tertiary/aromatic N) is 2. The molecule has 0 aromatic carbocycles. The lowest BCUT2D eigenvalue weighted by Gasteiger charge is -2.11. The van der Waals surface area contributed by atoms with E-state index in [9.17, 15) is 0 Å². The Morgan fingerprint density at radius 3 is 2.44 bits per heavy atom. The Bertz CT molecular complexity index is 540. The second kappa shape index (κ2) is 6.05. The van der Waals surface area contributed by atoms with Crippen LogP contribution in [-0.4, -0.2) is 24.1 Å². The van der Waals surface area contributed by atoms with Crippen molar-refractivity contribution < 1.29 is 4.74 Å². The summed E-state index contributed by atoms with van der Waals surface area (Å²) in [7, 11) is 3.41. The quantitative estimate of drug-likeness (QED) is 0.854. The number of anilines is 2. The molecule has 0 saturated heterocycles. The molecule has 98 valence electrons. The van der Waals surface area contributed by atoms with Crippen LogP contribution in [0.4, 0.5) is 11.4 Å². The third-order valence-electron chi connectivity index (χ3n) is 2.51. The topological polar surface area (TPSA) is 73.1 Å². The third-order valence-corrected chi connectivity index (χ3v) is 2.51. The number of aryl methyl sites for hydroxylation is 1. The van der Waals surface area contributed by atoms with E-state index in [0.29, 0.717) is 17.2 Å². The molecule has 0 bridgehead atoms. The molecule has 3 N–H and O–H groups in total. The van der Waals surface area contributed by atoms with E-state index in [1.54, 1.807) is 13.2 Å². The SMILES string of the molecule is CC.CNc1c(N)c(C)nc2nc(OC)ccc12. The first-order chi connectivity index (χ1) is 8.67. The smallest absolute Gasteiger partial charge is 0.215 e. The number of rotatable bonds is 2. The molecule has 0 aliphatic carbocycles. The maximum atomic E-state index is 5.95. The fraction of sp³-hybridized carbons (Fsp3) is 0.385. The van der Waals surface area contributed by atoms with Crippen LogP contribution in [0, 0.1) is 6.92 Å². The molecule has 0 aliphatic rings. The minimum absolute atomic E-state index is 0.547. The van der Waals surface area contributed by atoms with Crippen LogP contribution in [0.1, 0.15) is 19.5 Å². The van der Waals surface area contributed by atoms with Crippen molar-refractivity contribution in [2.45, 2.75) is 20.8 Å². The van der Waals surface area contributed by atoms with E-state index in [-0.39, 0.29) is 0 Å². The average Bonchev–Trinajstić information content (AvgIpc) is 2.42. The zero-order chi connectivity index (χ0) is 13.7. The number of pyridine rings is 2. The summed E-state index contributed by atoms with van der Waals surface area (Å²) in [6.45, 7) is 5.86. The summed E-state index contributed by atoms with van der Waals surface area (Å²) in [5.41, 5.74) is 8.86. The Balaban J connectivity index is 0.000000771. The van der Waals surface area contributed by atoms with E-state index in [1.165, 1.54) is 0 Å². The highest BCUT2D eigenvalue weighted by Gasteiger charge is 2.10. The summed E-state index contributed by atoms with van der Waals surface area (Å²) in [6, 6.07) is 3.69. The van der Waals surface area contributed by atoms with Crippen LogP contribution in [-0.2, 0) is 0 Å². The van der Waals surface area contributed by atoms with Gasteiger partial charge in [0, 0.05) is 18.5 Å². The van der Waals surface area contributed by atoms with Crippen LogP contribution in [0.25, 0.3) is 11.0 Å². The lowest BCUT2D eigenvalue weighted by molar-refractivity contribution is 0.399. The maximum Gasteiger partial charge on any atom is 0.215 e. The Labute approximate surface area is 107 Å². The van der Waals surface area contributed by atoms with Gasteiger partial charge in [0.2, 0.25) is 5.88 Å². The largest absolute Gasteiger partial charge is 0.481 e. The number of nitrogens with two attached hydrogens (primary N) is 1. The van der Waals surface area contributed by atoms with E-state index >= 15 is 0 Å². The molecule has 0 aliphatic heterocycles. The highest BCUT2D eigenvalue weighted by molar-refractivity contribution is 5.96. The molecule has 0 unspecified atom stereocenters. The molecule has 0 spiro atoms. The van der Waals surface area contributed by atoms with Crippen LogP contribution in [0.15, 0.2) is 12.1 Å². The number of ether oxygens (including phenoxy) is 1. The predicted octanol–water partition coefficient (Wildman–Crippen LogP) is 2.60. The van der Waals surface area contributed by atoms with Gasteiger partial charge in [0.25, 0.3) is 0 Å². The summed E-state index contributed by atoms with van der Waals surface area (Å²) < 4.78 is 5.06. The zero-order valence-electron chi connectivity index (χ0n) is 11.5. The van der Waals surface area contributed by atoms with Crippen LogP contribution < -0.4 is 15.8 Å². The molecule has 0 radical (unpaired) electrons. The number of hydrogen-bond donors (Lipinski definition) is 2. The first kappa shape index (κ1) is 14.0. The van der Waals surface area contributed by atoms with Gasteiger partial charge in [0.05, 0.1) is 24.2 Å². The van der Waals surface area contributed by atoms with Gasteiger partial charge in [-0.3, -0.25) is 0 Å². The van der Waals surface area contributed by atoms with E-state index in [1.807, 2.05) is 33.9 Å². The van der Waals surface area contributed by atoms with E-state index < -0.39 is 0 Å². The molecule has 5 heteroatoms. The second-order valence-corrected chi connectivity index (χ2v) is 3.46. The number of hydrogen-bond acceptors (Lipinski definition) is 5. The van der Waals surface area contributed by atoms with Gasteiger partial charge in [0.15, 0.2) is 5.65 Å². The van der Waals surface area contributed by atoms with Crippen molar-refractivity contribution in [2.24, 2.45) is 0 Å². The lowest BCUT2D eigenvalue weighted by atomic mass is 10.2. The van der Waals surface area contributed by atoms with Crippen molar-refractivity contribution in [3.05, 3.63) is 17.8 Å². The van der Waals surface area contributed by atoms with Gasteiger partial charge in [-0.05, 0) is 13.0 Å². The van der Waals surface area contributed by atoms with Crippen LogP contribution in [0.3, 0.4) is 0 Å². The van der Waals surface area contributed by atoms with Gasteiger partial charge < -0.3 is 15.8 Å². The fourth-order valence-electron chi connectivity index (χ4n) is 1.64. The highest BCUT2D eigenvalue weighted by atomic mass is 16.5. The monoisotopic (exact) mass is 248 g/mol. The normalized spacial score (nSPS) is 9.61. The molecule has 5 nitrogen and oxygen atoms in total. The zero-order valence-corrected chi connectivity index (χ0v) is 11.5. The molecule has 2 aromatic rings. The minimum atomic E-state index is 0.547. The summed E-state index contributed by atoms with van der Waals surface area (Å²) >= 11 is 0. The summed E-state index contributed by atoms with van der Waals surface area (Å²) in [6.07, 6.45) is 0. The first-order valence-electron chi connectivity index (χ1n) is 5.96. The fourth-order valence-corrected chi connectivity index (χ4v) is 1.64. The van der Waals surface area contributed by atoms with E-state index in [2.05, 4.69) is 15.3 Å². The Kier molecular flexibility index (Phi) is 4.71. The Hall–Kier alpha value is -2.04. The van der Waals surface area contributed by atoms with Gasteiger partial charge in [0.1, 0.15) is 0 Å². The number of nitrogen functional groups attached to an aromatic ring is 1. The molecular formula is C13H20N4O. The summed E-state index contributed by atoms with van der Waals surface area (Å²) in [5, 5.41) is 3.97. The van der Waals surface area contributed by atoms with Gasteiger partial charge in [-0.1, -0.05) is 13.8 Å². The van der Waals surface area contributed by atoms with Crippen molar-refractivity contribution in [1.82, 2.24) is 9.97 Å². The maximum absolute atomic E-state index is 5.95. The summed E-state index contributed by atoms with van der Waals surface area (Å²) in [5.74, 6) is 0.547. The number of methoxy groups -OCH3 is 1. The van der Waals surface area contributed by atoms with Gasteiger partial charge in [-0.2, -0.15) is 4.98 Å². The first-order valence-corrected chi connectivity index (χ1v) is 5.96. The van der Waals surface area contributed by atoms with Crippen molar-refractivity contribution in [1.29, 1.82) is 0 Å². The molecule has 2 heterocycles. The van der Waals surface area contributed by atoms with E-state index in [4.69, 9.17) is 10.5 Å². The molecule has 18 heavy (non-hydrogen) atoms. The highest BCUT2D eigenvalue weighted by Crippen LogP contribution is 2.30. The third kappa shape index (κ3) is 2.45. The van der Waals surface area contributed by atoms with Gasteiger partial charge in [-0.25, -0.2) is 4.98 Å². The van der Waals surface area contributed by atoms with Crippen LogP contribution in [0.5, 0.6) is 5.88 Å². The van der Waals surface area contributed by atoms with Crippen molar-refractivity contribution in [3.63, 3.8) is 0 Å². The molecule has 0 saturated carbocycles. The average molecular weight is 248 g/mol. The minimum Gasteiger partial charge on any atom is -0.481 e. The predicted molar refractivity (Wildman–Crippen MR) is 76.1 cm³/mol. The molecule has 0 amide bonds. The lowest BCUT2D eigenvalue weighted by Crippen LogP contribution is -2.02. The number of nitrogens with one attached hydrogen (secondary N) is 1. The molecular weight excluding hydrogens is 228 g/mol. The van der Waals surface area contributed by atoms with Crippen molar-refractivity contribution in [3.8, 4) is 5.88 Å². The second-order valence-electron chi connectivity index (χ2n) is 3.46. The molecule has 0 fully saturated rings. The van der Waals surface area contributed by atoms with Crippen molar-refractivity contribution >= 4 is 22.4 Å². The molecule has 0 atom stereocenters. The Morgan fingerprint density at radius 2 is 1.89 bits per heavy atom. The molecule has 2 rings (SSSR count). The van der Waals surface area contributed by atoms with Crippen LogP contribution in [0.2, 0.25) is 0 Å². The van der Waals surface area contributed by atoms with Gasteiger partial charge >= 0.3 is 0 Å². The van der Waals surface area contributed by atoms with Crippen LogP contribution >= 0.6 is 0 Å². The van der Waals surface area contributed by atoms with Gasteiger partial charge in [-0.15, -0.1) is 0 Å². The standard InChI is InChI=1S/C11H14N4O.C2H6/c1-6-9(12)10(13-2)7-4-5-8(16-3)15-11(7)14-6;1-2/h4-5H,12H2,1-3H3,(H,13,14,15);1-2H3. The van der Waals surface area contributed by atoms with Crippen molar-refractivity contribution in [2.75, 3.05) is 25.2 Å². The van der Waals surface area contributed by atoms with E-state index in [0.717, 1.165) is 16.8 Å². The molecule has 2 aromatic heterocycles.